The first kappa shape index (κ1) is 15.4. The predicted octanol–water partition coefficient (Wildman–Crippen LogP) is 1.42. The van der Waals surface area contributed by atoms with Crippen LogP contribution in [-0.4, -0.2) is 37.5 Å². The fraction of sp³-hybridized carbons (Fsp3) is 0.455. The lowest BCUT2D eigenvalue weighted by molar-refractivity contribution is 0.253. The summed E-state index contributed by atoms with van der Waals surface area (Å²) in [5.41, 5.74) is 6.06. The van der Waals surface area contributed by atoms with Crippen molar-refractivity contribution < 1.29 is 13.5 Å². The van der Waals surface area contributed by atoms with E-state index in [-0.39, 0.29) is 18.0 Å². The van der Waals surface area contributed by atoms with Gasteiger partial charge in [0.1, 0.15) is 0 Å². The van der Waals surface area contributed by atoms with Crippen LogP contribution in [0, 0.1) is 0 Å². The second-order valence-electron chi connectivity index (χ2n) is 3.81. The second-order valence-corrected chi connectivity index (χ2v) is 6.60. The van der Waals surface area contributed by atoms with Gasteiger partial charge in [-0.05, 0) is 40.5 Å². The molecule has 1 aromatic rings. The van der Waals surface area contributed by atoms with Gasteiger partial charge in [0.25, 0.3) is 0 Å². The van der Waals surface area contributed by atoms with E-state index in [0.717, 1.165) is 0 Å². The minimum absolute atomic E-state index is 0.0894. The van der Waals surface area contributed by atoms with Crippen molar-refractivity contribution in [2.24, 2.45) is 0 Å². The van der Waals surface area contributed by atoms with Crippen LogP contribution in [0.15, 0.2) is 27.6 Å². The molecule has 1 aromatic carbocycles. The molecule has 0 atom stereocenters. The Labute approximate surface area is 116 Å². The number of nitrogens with zero attached hydrogens (tertiary/aromatic N) is 1. The number of aliphatic hydroxyl groups excluding tert-OH is 1. The van der Waals surface area contributed by atoms with Crippen molar-refractivity contribution >= 4 is 31.6 Å². The van der Waals surface area contributed by atoms with Crippen molar-refractivity contribution in [2.45, 2.75) is 18.2 Å². The number of aliphatic hydroxyl groups is 1. The molecule has 5 nitrogen and oxygen atoms in total. The lowest BCUT2D eigenvalue weighted by Crippen LogP contribution is -2.34. The van der Waals surface area contributed by atoms with Crippen LogP contribution in [0.1, 0.15) is 13.3 Å². The molecule has 0 fully saturated rings. The monoisotopic (exact) mass is 336 g/mol. The smallest absolute Gasteiger partial charge is 0.243 e. The van der Waals surface area contributed by atoms with Gasteiger partial charge in [-0.3, -0.25) is 0 Å². The van der Waals surface area contributed by atoms with Gasteiger partial charge in [-0.2, -0.15) is 4.31 Å². The van der Waals surface area contributed by atoms with Gasteiger partial charge in [0.05, 0.1) is 11.5 Å². The van der Waals surface area contributed by atoms with E-state index >= 15 is 0 Å². The first-order valence-electron chi connectivity index (χ1n) is 5.59. The van der Waals surface area contributed by atoms with Gasteiger partial charge in [0.15, 0.2) is 0 Å². The fourth-order valence-electron chi connectivity index (χ4n) is 1.54. The number of hydrogen-bond acceptors (Lipinski definition) is 4. The minimum Gasteiger partial charge on any atom is -0.398 e. The second kappa shape index (κ2) is 6.51. The van der Waals surface area contributed by atoms with Gasteiger partial charge < -0.3 is 10.8 Å². The molecule has 0 spiro atoms. The molecule has 0 amide bonds. The van der Waals surface area contributed by atoms with Crippen molar-refractivity contribution in [3.63, 3.8) is 0 Å². The van der Waals surface area contributed by atoms with E-state index in [1.54, 1.807) is 6.07 Å². The van der Waals surface area contributed by atoms with Crippen LogP contribution in [0.2, 0.25) is 0 Å². The zero-order valence-electron chi connectivity index (χ0n) is 10.1. The molecule has 0 aliphatic carbocycles. The summed E-state index contributed by atoms with van der Waals surface area (Å²) in [6.45, 7) is 2.14. The predicted molar refractivity (Wildman–Crippen MR) is 74.7 cm³/mol. The summed E-state index contributed by atoms with van der Waals surface area (Å²) >= 11 is 3.22. The molecule has 3 N–H and O–H groups in total. The number of hydrogen-bond donors (Lipinski definition) is 2. The molecule has 0 radical (unpaired) electrons. The summed E-state index contributed by atoms with van der Waals surface area (Å²) in [6.07, 6.45) is 0.686. The van der Waals surface area contributed by atoms with Crippen molar-refractivity contribution in [1.29, 1.82) is 0 Å². The number of halogens is 1. The highest BCUT2D eigenvalue weighted by atomic mass is 79.9. The summed E-state index contributed by atoms with van der Waals surface area (Å²) < 4.78 is 26.6. The number of sulfonamides is 1. The molecule has 0 saturated heterocycles. The standard InChI is InChI=1S/C11H17BrN2O3S/c1-2-5-14(6-7-15)18(16,17)9-3-4-10(12)11(13)8-9/h3-4,8,15H,2,5-7,13H2,1H3. The Hall–Kier alpha value is -0.630. The van der Waals surface area contributed by atoms with Gasteiger partial charge in [-0.1, -0.05) is 6.92 Å². The SMILES string of the molecule is CCCN(CCO)S(=O)(=O)c1ccc(Br)c(N)c1. The third-order valence-corrected chi connectivity index (χ3v) is 5.04. The largest absolute Gasteiger partial charge is 0.398 e. The lowest BCUT2D eigenvalue weighted by atomic mass is 10.3. The highest BCUT2D eigenvalue weighted by molar-refractivity contribution is 9.10. The van der Waals surface area contributed by atoms with Gasteiger partial charge in [0.2, 0.25) is 10.0 Å². The summed E-state index contributed by atoms with van der Waals surface area (Å²) in [7, 11) is -3.59. The molecule has 0 unspecified atom stereocenters. The minimum atomic E-state index is -3.59. The van der Waals surface area contributed by atoms with Crippen LogP contribution in [0.25, 0.3) is 0 Å². The molecule has 0 bridgehead atoms. The van der Waals surface area contributed by atoms with Gasteiger partial charge in [-0.25, -0.2) is 8.42 Å². The quantitative estimate of drug-likeness (QED) is 0.769. The van der Waals surface area contributed by atoms with Gasteiger partial charge in [0, 0.05) is 23.2 Å². The Bertz CT molecular complexity index is 499. The maximum Gasteiger partial charge on any atom is 0.243 e. The van der Waals surface area contributed by atoms with Crippen molar-refractivity contribution in [3.05, 3.63) is 22.7 Å². The van der Waals surface area contributed by atoms with Gasteiger partial charge >= 0.3 is 0 Å². The number of nitrogens with two attached hydrogens (primary N) is 1. The van der Waals surface area contributed by atoms with Crippen molar-refractivity contribution in [2.75, 3.05) is 25.4 Å². The number of rotatable bonds is 6. The van der Waals surface area contributed by atoms with E-state index < -0.39 is 10.0 Å². The summed E-state index contributed by atoms with van der Waals surface area (Å²) in [6, 6.07) is 4.51. The molecule has 7 heteroatoms. The number of nitrogen functional groups attached to an aromatic ring is 1. The molecule has 0 heterocycles. The molecule has 102 valence electrons. The average molecular weight is 337 g/mol. The highest BCUT2D eigenvalue weighted by Crippen LogP contribution is 2.24. The lowest BCUT2D eigenvalue weighted by Gasteiger charge is -2.20. The molecule has 0 aliphatic rings. The molecule has 0 saturated carbocycles. The van der Waals surface area contributed by atoms with E-state index in [0.29, 0.717) is 23.1 Å². The summed E-state index contributed by atoms with van der Waals surface area (Å²) in [5, 5.41) is 8.93. The van der Waals surface area contributed by atoms with E-state index in [9.17, 15) is 8.42 Å². The summed E-state index contributed by atoms with van der Waals surface area (Å²) in [5.74, 6) is 0. The average Bonchev–Trinajstić information content (AvgIpc) is 2.32. The molecule has 1 rings (SSSR count). The van der Waals surface area contributed by atoms with E-state index in [4.69, 9.17) is 10.8 Å². The third-order valence-electron chi connectivity index (χ3n) is 2.43. The van der Waals surface area contributed by atoms with Crippen molar-refractivity contribution in [1.82, 2.24) is 4.31 Å². The van der Waals surface area contributed by atoms with Crippen LogP contribution in [-0.2, 0) is 10.0 Å². The van der Waals surface area contributed by atoms with Crippen LogP contribution in [0.5, 0.6) is 0 Å². The maximum atomic E-state index is 12.3. The van der Waals surface area contributed by atoms with Crippen molar-refractivity contribution in [3.8, 4) is 0 Å². The molecular weight excluding hydrogens is 320 g/mol. The summed E-state index contributed by atoms with van der Waals surface area (Å²) in [4.78, 5) is 0.144. The Morgan fingerprint density at radius 3 is 2.56 bits per heavy atom. The van der Waals surface area contributed by atoms with Gasteiger partial charge in [-0.15, -0.1) is 0 Å². The van der Waals surface area contributed by atoms with Crippen LogP contribution >= 0.6 is 15.9 Å². The Morgan fingerprint density at radius 1 is 1.39 bits per heavy atom. The van der Waals surface area contributed by atoms with Crippen LogP contribution < -0.4 is 5.73 Å². The third kappa shape index (κ3) is 3.44. The Morgan fingerprint density at radius 2 is 2.06 bits per heavy atom. The Balaban J connectivity index is 3.13. The zero-order chi connectivity index (χ0) is 13.8. The molecule has 0 aromatic heterocycles. The zero-order valence-corrected chi connectivity index (χ0v) is 12.5. The first-order chi connectivity index (χ1) is 8.43. The Kier molecular flexibility index (Phi) is 5.58. The first-order valence-corrected chi connectivity index (χ1v) is 7.82. The van der Waals surface area contributed by atoms with E-state index in [2.05, 4.69) is 15.9 Å². The number of anilines is 1. The molecular formula is C11H17BrN2O3S. The van der Waals surface area contributed by atoms with E-state index in [1.165, 1.54) is 16.4 Å². The molecule has 18 heavy (non-hydrogen) atoms. The van der Waals surface area contributed by atoms with Crippen LogP contribution in [0.3, 0.4) is 0 Å². The normalized spacial score (nSPS) is 12.0. The molecule has 0 aliphatic heterocycles. The van der Waals surface area contributed by atoms with E-state index in [1.807, 2.05) is 6.92 Å². The number of benzene rings is 1. The fourth-order valence-corrected chi connectivity index (χ4v) is 3.35. The highest BCUT2D eigenvalue weighted by Gasteiger charge is 2.23. The van der Waals surface area contributed by atoms with Crippen LogP contribution in [0.4, 0.5) is 5.69 Å². The maximum absolute atomic E-state index is 12.3. The topological polar surface area (TPSA) is 83.6 Å².